The summed E-state index contributed by atoms with van der Waals surface area (Å²) in [7, 11) is 1.52. The second kappa shape index (κ2) is 4.15. The Kier molecular flexibility index (Phi) is 3.00. The van der Waals surface area contributed by atoms with Crippen LogP contribution in [0.3, 0.4) is 0 Å². The van der Waals surface area contributed by atoms with E-state index in [9.17, 15) is 5.11 Å². The summed E-state index contributed by atoms with van der Waals surface area (Å²) < 4.78 is 5.07. The zero-order valence-corrected chi connectivity index (χ0v) is 10.0. The molecule has 1 aromatic carbocycles. The van der Waals surface area contributed by atoms with Gasteiger partial charge < -0.3 is 15.6 Å². The summed E-state index contributed by atoms with van der Waals surface area (Å²) in [5.74, 6) is 0.613. The van der Waals surface area contributed by atoms with Crippen molar-refractivity contribution in [1.29, 1.82) is 0 Å². The molecule has 0 aliphatic heterocycles. The molecule has 0 spiro atoms. The molecule has 2 rings (SSSR count). The van der Waals surface area contributed by atoms with Crippen LogP contribution in [0.4, 0.5) is 0 Å². The fourth-order valence-corrected chi connectivity index (χ4v) is 2.18. The topological polar surface area (TPSA) is 55.5 Å². The molecule has 0 aromatic heterocycles. The quantitative estimate of drug-likeness (QED) is 0.851. The lowest BCUT2D eigenvalue weighted by Crippen LogP contribution is -2.18. The number of ether oxygens (including phenoxy) is 1. The summed E-state index contributed by atoms with van der Waals surface area (Å²) in [5.41, 5.74) is 6.73. The molecule has 0 atom stereocenters. The first-order chi connectivity index (χ1) is 7.60. The molecule has 1 aliphatic rings. The van der Waals surface area contributed by atoms with Crippen molar-refractivity contribution >= 4 is 11.6 Å². The zero-order valence-electron chi connectivity index (χ0n) is 9.29. The Bertz CT molecular complexity index is 402. The average molecular weight is 242 g/mol. The van der Waals surface area contributed by atoms with Crippen molar-refractivity contribution < 1.29 is 9.84 Å². The summed E-state index contributed by atoms with van der Waals surface area (Å²) in [6.45, 7) is 0.654. The number of hydrogen-bond donors (Lipinski definition) is 2. The Morgan fingerprint density at radius 3 is 2.69 bits per heavy atom. The number of aromatic hydroxyl groups is 1. The smallest absolute Gasteiger partial charge is 0.162 e. The van der Waals surface area contributed by atoms with E-state index in [4.69, 9.17) is 22.1 Å². The lowest BCUT2D eigenvalue weighted by Gasteiger charge is -2.15. The second-order valence-corrected chi connectivity index (χ2v) is 4.93. The number of rotatable bonds is 4. The molecule has 0 saturated heterocycles. The van der Waals surface area contributed by atoms with Crippen LogP contribution in [0.25, 0.3) is 0 Å². The average Bonchev–Trinajstić information content (AvgIpc) is 3.03. The fourth-order valence-electron chi connectivity index (χ4n) is 1.95. The maximum Gasteiger partial charge on any atom is 0.162 e. The molecule has 0 radical (unpaired) electrons. The molecule has 4 heteroatoms. The van der Waals surface area contributed by atoms with E-state index in [0.29, 0.717) is 17.3 Å². The minimum absolute atomic E-state index is 0.174. The van der Waals surface area contributed by atoms with Crippen LogP contribution >= 0.6 is 11.6 Å². The number of phenols is 1. The molecule has 3 N–H and O–H groups in total. The molecular weight excluding hydrogens is 226 g/mol. The van der Waals surface area contributed by atoms with Gasteiger partial charge >= 0.3 is 0 Å². The van der Waals surface area contributed by atoms with Gasteiger partial charge in [0.2, 0.25) is 0 Å². The van der Waals surface area contributed by atoms with Crippen molar-refractivity contribution in [1.82, 2.24) is 0 Å². The number of methoxy groups -OCH3 is 1. The van der Waals surface area contributed by atoms with Gasteiger partial charge in [-0.1, -0.05) is 11.6 Å². The molecule has 88 valence electrons. The first-order valence-electron chi connectivity index (χ1n) is 5.36. The number of benzene rings is 1. The van der Waals surface area contributed by atoms with Crippen LogP contribution in [0.15, 0.2) is 12.1 Å². The van der Waals surface area contributed by atoms with Crippen molar-refractivity contribution in [2.45, 2.75) is 19.3 Å². The molecule has 1 fully saturated rings. The van der Waals surface area contributed by atoms with Gasteiger partial charge in [0, 0.05) is 11.1 Å². The Labute approximate surface area is 100 Å². The minimum Gasteiger partial charge on any atom is -0.504 e. The summed E-state index contributed by atoms with van der Waals surface area (Å²) in [4.78, 5) is 0. The van der Waals surface area contributed by atoms with E-state index in [0.717, 1.165) is 24.8 Å². The van der Waals surface area contributed by atoms with E-state index in [1.807, 2.05) is 0 Å². The van der Waals surface area contributed by atoms with Gasteiger partial charge in [-0.2, -0.15) is 0 Å². The third-order valence-corrected chi connectivity index (χ3v) is 3.51. The van der Waals surface area contributed by atoms with E-state index in [-0.39, 0.29) is 11.2 Å². The first-order valence-corrected chi connectivity index (χ1v) is 5.73. The Morgan fingerprint density at radius 2 is 2.19 bits per heavy atom. The highest BCUT2D eigenvalue weighted by atomic mass is 35.5. The van der Waals surface area contributed by atoms with Crippen molar-refractivity contribution in [3.05, 3.63) is 22.7 Å². The van der Waals surface area contributed by atoms with Crippen LogP contribution < -0.4 is 10.5 Å². The molecule has 0 bridgehead atoms. The van der Waals surface area contributed by atoms with Crippen LogP contribution in [0.5, 0.6) is 11.5 Å². The van der Waals surface area contributed by atoms with Crippen molar-refractivity contribution in [3.8, 4) is 11.5 Å². The van der Waals surface area contributed by atoms with Gasteiger partial charge in [-0.3, -0.25) is 0 Å². The van der Waals surface area contributed by atoms with Gasteiger partial charge in [-0.25, -0.2) is 0 Å². The van der Waals surface area contributed by atoms with Gasteiger partial charge in [0.05, 0.1) is 7.11 Å². The third kappa shape index (κ3) is 2.11. The van der Waals surface area contributed by atoms with Crippen molar-refractivity contribution in [3.63, 3.8) is 0 Å². The fraction of sp³-hybridized carbons (Fsp3) is 0.500. The Balaban J connectivity index is 2.29. The van der Waals surface area contributed by atoms with Gasteiger partial charge in [0.15, 0.2) is 11.5 Å². The van der Waals surface area contributed by atoms with E-state index >= 15 is 0 Å². The zero-order chi connectivity index (χ0) is 11.8. The maximum absolute atomic E-state index is 9.98. The molecule has 16 heavy (non-hydrogen) atoms. The minimum atomic E-state index is 0.174. The number of halogens is 1. The highest BCUT2D eigenvalue weighted by molar-refractivity contribution is 6.30. The summed E-state index contributed by atoms with van der Waals surface area (Å²) >= 11 is 5.97. The maximum atomic E-state index is 9.98. The van der Waals surface area contributed by atoms with Crippen molar-refractivity contribution in [2.75, 3.05) is 13.7 Å². The Morgan fingerprint density at radius 1 is 1.50 bits per heavy atom. The monoisotopic (exact) mass is 241 g/mol. The lowest BCUT2D eigenvalue weighted by atomic mass is 9.96. The SMILES string of the molecule is COc1cc(Cl)cc(CC2(CN)CC2)c1O. The summed E-state index contributed by atoms with van der Waals surface area (Å²) in [6, 6.07) is 3.40. The first kappa shape index (κ1) is 11.6. The second-order valence-electron chi connectivity index (χ2n) is 4.50. The van der Waals surface area contributed by atoms with Gasteiger partial charge in [-0.05, 0) is 42.9 Å². The lowest BCUT2D eigenvalue weighted by molar-refractivity contribution is 0.367. The molecule has 1 aromatic rings. The van der Waals surface area contributed by atoms with Crippen LogP contribution in [-0.4, -0.2) is 18.8 Å². The van der Waals surface area contributed by atoms with E-state index in [1.54, 1.807) is 12.1 Å². The van der Waals surface area contributed by atoms with Crippen molar-refractivity contribution in [2.24, 2.45) is 11.1 Å². The third-order valence-electron chi connectivity index (χ3n) is 3.29. The predicted octanol–water partition coefficient (Wildman–Crippen LogP) is 2.34. The van der Waals surface area contributed by atoms with Crippen LogP contribution in [0.2, 0.25) is 5.02 Å². The van der Waals surface area contributed by atoms with E-state index < -0.39 is 0 Å². The van der Waals surface area contributed by atoms with Crippen LogP contribution in [0.1, 0.15) is 18.4 Å². The number of nitrogens with two attached hydrogens (primary N) is 1. The molecule has 1 saturated carbocycles. The van der Waals surface area contributed by atoms with Crippen LogP contribution in [0, 0.1) is 5.41 Å². The van der Waals surface area contributed by atoms with E-state index in [1.165, 1.54) is 7.11 Å². The highest BCUT2D eigenvalue weighted by Crippen LogP contribution is 2.49. The van der Waals surface area contributed by atoms with Gasteiger partial charge in [-0.15, -0.1) is 0 Å². The van der Waals surface area contributed by atoms with Gasteiger partial charge in [0.1, 0.15) is 0 Å². The van der Waals surface area contributed by atoms with Crippen LogP contribution in [-0.2, 0) is 6.42 Å². The van der Waals surface area contributed by atoms with E-state index in [2.05, 4.69) is 0 Å². The number of hydrogen-bond acceptors (Lipinski definition) is 3. The molecular formula is C12H16ClNO2. The molecule has 0 unspecified atom stereocenters. The molecule has 0 heterocycles. The molecule has 0 amide bonds. The summed E-state index contributed by atoms with van der Waals surface area (Å²) in [6.07, 6.45) is 3.02. The predicted molar refractivity (Wildman–Crippen MR) is 64.1 cm³/mol. The Hall–Kier alpha value is -0.930. The molecule has 1 aliphatic carbocycles. The largest absolute Gasteiger partial charge is 0.504 e. The standard InChI is InChI=1S/C12H16ClNO2/c1-16-10-5-9(13)4-8(11(10)15)6-12(7-14)2-3-12/h4-5,15H,2-3,6-7,14H2,1H3. The summed E-state index contributed by atoms with van der Waals surface area (Å²) in [5, 5.41) is 10.6. The highest BCUT2D eigenvalue weighted by Gasteiger charge is 2.41. The number of phenolic OH excluding ortho intramolecular Hbond substituents is 1. The molecule has 3 nitrogen and oxygen atoms in total. The van der Waals surface area contributed by atoms with Gasteiger partial charge in [0.25, 0.3) is 0 Å². The normalized spacial score (nSPS) is 17.2.